The predicted octanol–water partition coefficient (Wildman–Crippen LogP) is 3.60. The van der Waals surface area contributed by atoms with Crippen molar-refractivity contribution in [2.75, 3.05) is 0 Å². The minimum absolute atomic E-state index is 0.399. The van der Waals surface area contributed by atoms with Gasteiger partial charge in [0.1, 0.15) is 0 Å². The molecule has 2 N–H and O–H groups in total. The Morgan fingerprint density at radius 1 is 1.53 bits per heavy atom. The third-order valence-electron chi connectivity index (χ3n) is 2.97. The topological polar surface area (TPSA) is 26.0 Å². The molecule has 0 bridgehead atoms. The van der Waals surface area contributed by atoms with Crippen LogP contribution in [-0.4, -0.2) is 6.04 Å². The smallest absolute Gasteiger partial charge is 0.0272 e. The maximum absolute atomic E-state index is 5.97. The largest absolute Gasteiger partial charge is 0.327 e. The van der Waals surface area contributed by atoms with Crippen LogP contribution in [-0.2, 0) is 6.42 Å². The van der Waals surface area contributed by atoms with Crippen molar-refractivity contribution in [2.24, 2.45) is 5.73 Å². The number of aryl methyl sites for hydroxylation is 1. The van der Waals surface area contributed by atoms with Crippen LogP contribution in [0.1, 0.15) is 42.4 Å². The summed E-state index contributed by atoms with van der Waals surface area (Å²) in [7, 11) is 0. The first-order chi connectivity index (χ1) is 7.28. The summed E-state index contributed by atoms with van der Waals surface area (Å²) in [4.78, 5) is 2.87. The van der Waals surface area contributed by atoms with Gasteiger partial charge in [-0.15, -0.1) is 11.3 Å². The van der Waals surface area contributed by atoms with E-state index in [1.807, 2.05) is 11.3 Å². The third kappa shape index (κ3) is 2.93. The SMILES string of the molecule is CCc1ccc(C=C2CCCC(N)C2)s1. The van der Waals surface area contributed by atoms with Crippen molar-refractivity contribution in [1.29, 1.82) is 0 Å². The normalized spacial score (nSPS) is 24.7. The Morgan fingerprint density at radius 3 is 3.07 bits per heavy atom. The van der Waals surface area contributed by atoms with E-state index in [0.29, 0.717) is 6.04 Å². The van der Waals surface area contributed by atoms with Crippen LogP contribution in [0.15, 0.2) is 17.7 Å². The van der Waals surface area contributed by atoms with E-state index in [1.165, 1.54) is 29.0 Å². The molecular formula is C13H19NS. The Morgan fingerprint density at radius 2 is 2.40 bits per heavy atom. The van der Waals surface area contributed by atoms with Gasteiger partial charge in [-0.1, -0.05) is 12.5 Å². The molecule has 1 atom stereocenters. The van der Waals surface area contributed by atoms with Crippen molar-refractivity contribution in [1.82, 2.24) is 0 Å². The summed E-state index contributed by atoms with van der Waals surface area (Å²) in [5.74, 6) is 0. The lowest BCUT2D eigenvalue weighted by molar-refractivity contribution is 0.520. The highest BCUT2D eigenvalue weighted by atomic mass is 32.1. The molecule has 0 radical (unpaired) electrons. The van der Waals surface area contributed by atoms with E-state index in [9.17, 15) is 0 Å². The van der Waals surface area contributed by atoms with Gasteiger partial charge in [0.15, 0.2) is 0 Å². The zero-order valence-electron chi connectivity index (χ0n) is 9.33. The first kappa shape index (κ1) is 10.9. The third-order valence-corrected chi connectivity index (χ3v) is 4.15. The van der Waals surface area contributed by atoms with Gasteiger partial charge in [0.25, 0.3) is 0 Å². The lowest BCUT2D eigenvalue weighted by Crippen LogP contribution is -2.23. The molecule has 1 saturated carbocycles. The molecule has 2 rings (SSSR count). The molecule has 1 fully saturated rings. The molecule has 1 aromatic rings. The first-order valence-corrected chi connectivity index (χ1v) is 6.63. The minimum atomic E-state index is 0.399. The fourth-order valence-corrected chi connectivity index (χ4v) is 3.07. The van der Waals surface area contributed by atoms with Crippen LogP contribution in [0.5, 0.6) is 0 Å². The Balaban J connectivity index is 2.07. The van der Waals surface area contributed by atoms with Gasteiger partial charge in [0.2, 0.25) is 0 Å². The number of nitrogens with two attached hydrogens (primary N) is 1. The van der Waals surface area contributed by atoms with E-state index < -0.39 is 0 Å². The molecule has 0 aromatic carbocycles. The number of rotatable bonds is 2. The quantitative estimate of drug-likeness (QED) is 0.811. The maximum atomic E-state index is 5.97. The Labute approximate surface area is 96.0 Å². The van der Waals surface area contributed by atoms with E-state index in [4.69, 9.17) is 5.73 Å². The Bertz CT molecular complexity index is 351. The van der Waals surface area contributed by atoms with E-state index in [1.54, 1.807) is 5.57 Å². The van der Waals surface area contributed by atoms with Crippen molar-refractivity contribution in [3.8, 4) is 0 Å². The average molecular weight is 221 g/mol. The molecule has 1 aromatic heterocycles. The highest BCUT2D eigenvalue weighted by Gasteiger charge is 2.12. The molecule has 1 nitrogen and oxygen atoms in total. The van der Waals surface area contributed by atoms with Crippen molar-refractivity contribution < 1.29 is 0 Å². The summed E-state index contributed by atoms with van der Waals surface area (Å²) in [5.41, 5.74) is 7.51. The fourth-order valence-electron chi connectivity index (χ4n) is 2.13. The van der Waals surface area contributed by atoms with Gasteiger partial charge in [-0.25, -0.2) is 0 Å². The summed E-state index contributed by atoms with van der Waals surface area (Å²) in [6, 6.07) is 4.87. The standard InChI is InChI=1S/C13H19NS/c1-2-12-6-7-13(15-12)9-10-4-3-5-11(14)8-10/h6-7,9,11H,2-5,8,14H2,1H3. The van der Waals surface area contributed by atoms with Gasteiger partial charge in [-0.05, 0) is 50.3 Å². The van der Waals surface area contributed by atoms with Gasteiger partial charge in [-0.3, -0.25) is 0 Å². The van der Waals surface area contributed by atoms with E-state index in [2.05, 4.69) is 25.1 Å². The van der Waals surface area contributed by atoms with Crippen molar-refractivity contribution >= 4 is 17.4 Å². The Hall–Kier alpha value is -0.600. The summed E-state index contributed by atoms with van der Waals surface area (Å²) in [5, 5.41) is 0. The number of hydrogen-bond acceptors (Lipinski definition) is 2. The minimum Gasteiger partial charge on any atom is -0.327 e. The van der Waals surface area contributed by atoms with Crippen LogP contribution in [0.25, 0.3) is 6.08 Å². The zero-order valence-corrected chi connectivity index (χ0v) is 10.1. The summed E-state index contributed by atoms with van der Waals surface area (Å²) in [6.45, 7) is 2.21. The molecule has 0 spiro atoms. The second kappa shape index (κ2) is 4.95. The van der Waals surface area contributed by atoms with Crippen LogP contribution in [0, 0.1) is 0 Å². The highest BCUT2D eigenvalue weighted by Crippen LogP contribution is 2.27. The van der Waals surface area contributed by atoms with Gasteiger partial charge >= 0.3 is 0 Å². The molecule has 82 valence electrons. The van der Waals surface area contributed by atoms with Gasteiger partial charge < -0.3 is 5.73 Å². The monoisotopic (exact) mass is 221 g/mol. The number of hydrogen-bond donors (Lipinski definition) is 1. The second-order valence-electron chi connectivity index (χ2n) is 4.32. The molecule has 1 aliphatic carbocycles. The average Bonchev–Trinajstić information content (AvgIpc) is 2.65. The molecule has 2 heteroatoms. The van der Waals surface area contributed by atoms with Crippen LogP contribution in [0.3, 0.4) is 0 Å². The molecule has 0 saturated heterocycles. The molecule has 0 amide bonds. The van der Waals surface area contributed by atoms with E-state index in [-0.39, 0.29) is 0 Å². The molecule has 0 aliphatic heterocycles. The Kier molecular flexibility index (Phi) is 3.60. The summed E-state index contributed by atoms with van der Waals surface area (Å²) >= 11 is 1.91. The van der Waals surface area contributed by atoms with Crippen molar-refractivity contribution in [3.63, 3.8) is 0 Å². The van der Waals surface area contributed by atoms with Gasteiger partial charge in [0.05, 0.1) is 0 Å². The van der Waals surface area contributed by atoms with Crippen LogP contribution in [0.2, 0.25) is 0 Å². The lowest BCUT2D eigenvalue weighted by atomic mass is 9.91. The number of thiophene rings is 1. The molecule has 15 heavy (non-hydrogen) atoms. The van der Waals surface area contributed by atoms with E-state index in [0.717, 1.165) is 12.8 Å². The van der Waals surface area contributed by atoms with Crippen LogP contribution in [0.4, 0.5) is 0 Å². The molecule has 1 aliphatic rings. The lowest BCUT2D eigenvalue weighted by Gasteiger charge is -2.20. The summed E-state index contributed by atoms with van der Waals surface area (Å²) < 4.78 is 0. The van der Waals surface area contributed by atoms with E-state index >= 15 is 0 Å². The molecular weight excluding hydrogens is 202 g/mol. The predicted molar refractivity (Wildman–Crippen MR) is 68.1 cm³/mol. The highest BCUT2D eigenvalue weighted by molar-refractivity contribution is 7.12. The molecule has 1 unspecified atom stereocenters. The molecule has 1 heterocycles. The van der Waals surface area contributed by atoms with Gasteiger partial charge in [0, 0.05) is 15.8 Å². The maximum Gasteiger partial charge on any atom is 0.0272 e. The van der Waals surface area contributed by atoms with Crippen molar-refractivity contribution in [3.05, 3.63) is 27.5 Å². The van der Waals surface area contributed by atoms with Crippen LogP contribution < -0.4 is 5.73 Å². The zero-order chi connectivity index (χ0) is 10.7. The second-order valence-corrected chi connectivity index (χ2v) is 5.52. The van der Waals surface area contributed by atoms with Gasteiger partial charge in [-0.2, -0.15) is 0 Å². The van der Waals surface area contributed by atoms with Crippen LogP contribution >= 0.6 is 11.3 Å². The summed E-state index contributed by atoms with van der Waals surface area (Å²) in [6.07, 6.45) is 8.30. The van der Waals surface area contributed by atoms with Crippen molar-refractivity contribution in [2.45, 2.75) is 45.1 Å². The first-order valence-electron chi connectivity index (χ1n) is 5.81. The fraction of sp³-hybridized carbons (Fsp3) is 0.538.